The fraction of sp³-hybridized carbons (Fsp3) is 0.143. The van der Waals surface area contributed by atoms with E-state index < -0.39 is 0 Å². The Hall–Kier alpha value is -1.56. The number of carbonyl (C=O) groups excluding carboxylic acids is 1. The third kappa shape index (κ3) is 2.75. The van der Waals surface area contributed by atoms with Gasteiger partial charge >= 0.3 is 0 Å². The predicted octanol–water partition coefficient (Wildman–Crippen LogP) is -0.247. The molecule has 0 spiro atoms. The number of aromatic nitrogens is 1. The zero-order chi connectivity index (χ0) is 9.68. The van der Waals surface area contributed by atoms with Gasteiger partial charge in [-0.15, -0.1) is 0 Å². The van der Waals surface area contributed by atoms with Crippen LogP contribution in [0.1, 0.15) is 10.5 Å². The van der Waals surface area contributed by atoms with Crippen LogP contribution in [0.3, 0.4) is 0 Å². The van der Waals surface area contributed by atoms with Gasteiger partial charge in [-0.3, -0.25) is 15.6 Å². The van der Waals surface area contributed by atoms with E-state index in [-0.39, 0.29) is 5.91 Å². The summed E-state index contributed by atoms with van der Waals surface area (Å²) in [5, 5.41) is 3.02. The number of nitrogens with one attached hydrogen (secondary N) is 4. The second-order valence-corrected chi connectivity index (χ2v) is 2.65. The first-order valence-corrected chi connectivity index (χ1v) is 4.06. The molecule has 1 amide bonds. The summed E-state index contributed by atoms with van der Waals surface area (Å²) in [6, 6.07) is 3.41. The maximum atomic E-state index is 11.2. The molecular formula is C7H10N4OS. The van der Waals surface area contributed by atoms with Crippen LogP contribution in [0, 0.1) is 0 Å². The highest BCUT2D eigenvalue weighted by Crippen LogP contribution is 1.91. The number of carbonyl (C=O) groups is 1. The Morgan fingerprint density at radius 2 is 2.31 bits per heavy atom. The van der Waals surface area contributed by atoms with Crippen LogP contribution in [0.25, 0.3) is 0 Å². The van der Waals surface area contributed by atoms with Gasteiger partial charge in [-0.1, -0.05) is 0 Å². The van der Waals surface area contributed by atoms with Gasteiger partial charge in [-0.2, -0.15) is 0 Å². The van der Waals surface area contributed by atoms with Crippen molar-refractivity contribution in [3.05, 3.63) is 24.0 Å². The molecule has 1 rings (SSSR count). The minimum absolute atomic E-state index is 0.261. The normalized spacial score (nSPS) is 9.00. The van der Waals surface area contributed by atoms with Crippen LogP contribution in [0.4, 0.5) is 0 Å². The second kappa shape index (κ2) is 4.46. The SMILES string of the molecule is CNC(=S)NNC(=O)c1ccc[nH]1. The summed E-state index contributed by atoms with van der Waals surface area (Å²) in [7, 11) is 1.66. The summed E-state index contributed by atoms with van der Waals surface area (Å²) < 4.78 is 0. The number of rotatable bonds is 1. The highest BCUT2D eigenvalue weighted by atomic mass is 32.1. The summed E-state index contributed by atoms with van der Waals surface area (Å²) in [5.41, 5.74) is 5.41. The van der Waals surface area contributed by atoms with Gasteiger partial charge in [0.2, 0.25) is 0 Å². The molecule has 0 bridgehead atoms. The van der Waals surface area contributed by atoms with Crippen LogP contribution in [0.15, 0.2) is 18.3 Å². The average molecular weight is 198 g/mol. The maximum Gasteiger partial charge on any atom is 0.286 e. The van der Waals surface area contributed by atoms with Gasteiger partial charge in [0.1, 0.15) is 5.69 Å². The standard InChI is InChI=1S/C7H10N4OS/c1-8-7(13)11-10-6(12)5-3-2-4-9-5/h2-4,9H,1H3,(H,10,12)(H2,8,11,13). The lowest BCUT2D eigenvalue weighted by Gasteiger charge is -2.07. The molecule has 4 N–H and O–H groups in total. The number of hydrogen-bond acceptors (Lipinski definition) is 2. The highest BCUT2D eigenvalue weighted by Gasteiger charge is 2.04. The van der Waals surface area contributed by atoms with E-state index in [4.69, 9.17) is 12.2 Å². The Morgan fingerprint density at radius 3 is 2.85 bits per heavy atom. The molecule has 1 aromatic rings. The van der Waals surface area contributed by atoms with E-state index >= 15 is 0 Å². The van der Waals surface area contributed by atoms with Gasteiger partial charge in [-0.05, 0) is 24.4 Å². The molecule has 0 fully saturated rings. The van der Waals surface area contributed by atoms with Gasteiger partial charge in [-0.25, -0.2) is 0 Å². The fourth-order valence-corrected chi connectivity index (χ4v) is 0.766. The van der Waals surface area contributed by atoms with E-state index in [1.54, 1.807) is 25.4 Å². The number of H-pyrrole nitrogens is 1. The van der Waals surface area contributed by atoms with Crippen molar-refractivity contribution in [3.8, 4) is 0 Å². The minimum atomic E-state index is -0.261. The molecule has 0 atom stereocenters. The van der Waals surface area contributed by atoms with Crippen LogP contribution >= 0.6 is 12.2 Å². The molecule has 5 nitrogen and oxygen atoms in total. The van der Waals surface area contributed by atoms with Gasteiger partial charge in [0.25, 0.3) is 5.91 Å². The van der Waals surface area contributed by atoms with Crippen molar-refractivity contribution in [1.29, 1.82) is 0 Å². The van der Waals surface area contributed by atoms with Crippen molar-refractivity contribution in [2.75, 3.05) is 7.05 Å². The average Bonchev–Trinajstić information content (AvgIpc) is 2.66. The Balaban J connectivity index is 2.39. The summed E-state index contributed by atoms with van der Waals surface area (Å²) in [6.45, 7) is 0. The van der Waals surface area contributed by atoms with Crippen LogP contribution in [0.5, 0.6) is 0 Å². The van der Waals surface area contributed by atoms with Crippen molar-refractivity contribution in [3.63, 3.8) is 0 Å². The summed E-state index contributed by atoms with van der Waals surface area (Å²) in [5.74, 6) is -0.261. The first-order valence-electron chi connectivity index (χ1n) is 3.65. The zero-order valence-electron chi connectivity index (χ0n) is 7.05. The summed E-state index contributed by atoms with van der Waals surface area (Å²) in [6.07, 6.45) is 1.67. The number of hydrogen-bond donors (Lipinski definition) is 4. The first-order chi connectivity index (χ1) is 6.24. The summed E-state index contributed by atoms with van der Waals surface area (Å²) in [4.78, 5) is 14.0. The monoisotopic (exact) mass is 198 g/mol. The smallest absolute Gasteiger partial charge is 0.286 e. The molecule has 70 valence electrons. The first kappa shape index (κ1) is 9.53. The van der Waals surface area contributed by atoms with Gasteiger partial charge < -0.3 is 10.3 Å². The van der Waals surface area contributed by atoms with Crippen molar-refractivity contribution < 1.29 is 4.79 Å². The van der Waals surface area contributed by atoms with Crippen molar-refractivity contribution >= 4 is 23.2 Å². The molecule has 6 heteroatoms. The lowest BCUT2D eigenvalue weighted by molar-refractivity contribution is 0.0939. The second-order valence-electron chi connectivity index (χ2n) is 2.24. The lowest BCUT2D eigenvalue weighted by atomic mass is 10.4. The molecule has 0 aliphatic rings. The molecule has 0 aliphatic heterocycles. The highest BCUT2D eigenvalue weighted by molar-refractivity contribution is 7.80. The topological polar surface area (TPSA) is 68.9 Å². The molecular weight excluding hydrogens is 188 g/mol. The minimum Gasteiger partial charge on any atom is -0.364 e. The van der Waals surface area contributed by atoms with Gasteiger partial charge in [0.15, 0.2) is 5.11 Å². The van der Waals surface area contributed by atoms with Crippen molar-refractivity contribution in [2.24, 2.45) is 0 Å². The Kier molecular flexibility index (Phi) is 3.27. The fourth-order valence-electron chi connectivity index (χ4n) is 0.715. The molecule has 1 aromatic heterocycles. The van der Waals surface area contributed by atoms with E-state index in [0.717, 1.165) is 0 Å². The van der Waals surface area contributed by atoms with E-state index in [1.165, 1.54) is 0 Å². The van der Waals surface area contributed by atoms with Gasteiger partial charge in [0, 0.05) is 13.2 Å². The third-order valence-corrected chi connectivity index (χ3v) is 1.67. The number of thiocarbonyl (C=S) groups is 1. The molecule has 0 aliphatic carbocycles. The maximum absolute atomic E-state index is 11.2. The Bertz CT molecular complexity index is 295. The third-order valence-electron chi connectivity index (χ3n) is 1.36. The molecule has 0 unspecified atom stereocenters. The molecule has 1 heterocycles. The van der Waals surface area contributed by atoms with E-state index in [9.17, 15) is 4.79 Å². The van der Waals surface area contributed by atoms with Crippen molar-refractivity contribution in [2.45, 2.75) is 0 Å². The molecule has 0 aromatic carbocycles. The number of aromatic amines is 1. The largest absolute Gasteiger partial charge is 0.364 e. The van der Waals surface area contributed by atoms with E-state index in [1.807, 2.05) is 0 Å². The predicted molar refractivity (Wildman–Crippen MR) is 53.1 cm³/mol. The van der Waals surface area contributed by atoms with Crippen LogP contribution in [0.2, 0.25) is 0 Å². The quantitative estimate of drug-likeness (QED) is 0.371. The summed E-state index contributed by atoms with van der Waals surface area (Å²) >= 11 is 4.76. The van der Waals surface area contributed by atoms with Crippen molar-refractivity contribution in [1.82, 2.24) is 21.2 Å². The number of amides is 1. The van der Waals surface area contributed by atoms with Crippen LogP contribution in [-0.2, 0) is 0 Å². The van der Waals surface area contributed by atoms with Crippen LogP contribution < -0.4 is 16.2 Å². The molecule has 0 saturated carbocycles. The van der Waals surface area contributed by atoms with E-state index in [0.29, 0.717) is 10.8 Å². The lowest BCUT2D eigenvalue weighted by Crippen LogP contribution is -2.45. The molecule has 0 saturated heterocycles. The molecule has 13 heavy (non-hydrogen) atoms. The molecule has 0 radical (unpaired) electrons. The van der Waals surface area contributed by atoms with E-state index in [2.05, 4.69) is 21.2 Å². The Labute approximate surface area is 80.9 Å². The van der Waals surface area contributed by atoms with Crippen LogP contribution in [-0.4, -0.2) is 23.1 Å². The zero-order valence-corrected chi connectivity index (χ0v) is 7.87. The number of hydrazine groups is 1. The Morgan fingerprint density at radius 1 is 1.54 bits per heavy atom. The van der Waals surface area contributed by atoms with Gasteiger partial charge in [0.05, 0.1) is 0 Å².